The van der Waals surface area contributed by atoms with Crippen molar-refractivity contribution >= 4 is 22.6 Å². The summed E-state index contributed by atoms with van der Waals surface area (Å²) < 4.78 is 40.0. The normalized spacial score (nSPS) is 10.8. The fourth-order valence-electron chi connectivity index (χ4n) is 2.15. The Bertz CT molecular complexity index is 914. The number of carbonyl (C=O) groups excluding carboxylic acids is 1. The molecule has 0 atom stereocenters. The topological polar surface area (TPSA) is 46.1 Å². The summed E-state index contributed by atoms with van der Waals surface area (Å²) in [4.78, 5) is 21.7. The maximum absolute atomic E-state index is 13.8. The fraction of sp³-hybridized carbons (Fsp3) is 0.0625. The van der Waals surface area contributed by atoms with Crippen LogP contribution in [0.1, 0.15) is 10.4 Å². The summed E-state index contributed by atoms with van der Waals surface area (Å²) in [7, 11) is 1.40. The van der Waals surface area contributed by atoms with Gasteiger partial charge < -0.3 is 4.90 Å². The second kappa shape index (κ2) is 5.68. The zero-order valence-corrected chi connectivity index (χ0v) is 11.9. The van der Waals surface area contributed by atoms with Gasteiger partial charge in [0.25, 0.3) is 5.91 Å². The number of benzene rings is 2. The highest BCUT2D eigenvalue weighted by atomic mass is 19.2. The molecule has 3 rings (SSSR count). The van der Waals surface area contributed by atoms with E-state index in [-0.39, 0.29) is 0 Å². The van der Waals surface area contributed by atoms with E-state index in [1.165, 1.54) is 19.4 Å². The first-order valence-corrected chi connectivity index (χ1v) is 6.61. The lowest BCUT2D eigenvalue weighted by Crippen LogP contribution is -2.27. The Labute approximate surface area is 129 Å². The molecule has 116 valence electrons. The first-order valence-electron chi connectivity index (χ1n) is 6.61. The number of rotatable bonds is 2. The van der Waals surface area contributed by atoms with Crippen LogP contribution in [0.5, 0.6) is 0 Å². The van der Waals surface area contributed by atoms with Crippen molar-refractivity contribution in [2.45, 2.75) is 0 Å². The number of fused-ring (bicyclic) bond motifs is 1. The second-order valence-corrected chi connectivity index (χ2v) is 4.82. The average Bonchev–Trinajstić information content (AvgIpc) is 2.58. The predicted molar refractivity (Wildman–Crippen MR) is 78.6 cm³/mol. The first kappa shape index (κ1) is 15.0. The van der Waals surface area contributed by atoms with Gasteiger partial charge in [-0.05, 0) is 30.3 Å². The van der Waals surface area contributed by atoms with Crippen LogP contribution in [0, 0.1) is 17.5 Å². The monoisotopic (exact) mass is 317 g/mol. The Morgan fingerprint density at radius 3 is 2.39 bits per heavy atom. The van der Waals surface area contributed by atoms with Gasteiger partial charge in [0.05, 0.1) is 16.6 Å². The van der Waals surface area contributed by atoms with E-state index in [9.17, 15) is 18.0 Å². The standard InChI is InChI=1S/C16H10F3N3O/c1-22(9-2-5-12-13(8-9)21-7-6-20-12)16(23)10-3-4-11(17)15(19)14(10)18/h2-8H,1H3. The van der Waals surface area contributed by atoms with E-state index >= 15 is 0 Å². The summed E-state index contributed by atoms with van der Waals surface area (Å²) in [5, 5.41) is 0. The highest BCUT2D eigenvalue weighted by Gasteiger charge is 2.22. The molecule has 0 saturated heterocycles. The van der Waals surface area contributed by atoms with Gasteiger partial charge in [-0.15, -0.1) is 0 Å². The summed E-state index contributed by atoms with van der Waals surface area (Å²) in [6.45, 7) is 0. The zero-order chi connectivity index (χ0) is 16.6. The third-order valence-electron chi connectivity index (χ3n) is 3.41. The maximum atomic E-state index is 13.8. The average molecular weight is 317 g/mol. The van der Waals surface area contributed by atoms with E-state index < -0.39 is 28.9 Å². The van der Waals surface area contributed by atoms with E-state index in [2.05, 4.69) is 9.97 Å². The molecule has 1 aromatic heterocycles. The number of hydrogen-bond acceptors (Lipinski definition) is 3. The molecule has 0 saturated carbocycles. The molecule has 7 heteroatoms. The van der Waals surface area contributed by atoms with E-state index in [0.29, 0.717) is 22.8 Å². The van der Waals surface area contributed by atoms with Crippen molar-refractivity contribution in [3.8, 4) is 0 Å². The number of anilines is 1. The molecule has 1 heterocycles. The summed E-state index contributed by atoms with van der Waals surface area (Å²) in [5.74, 6) is -5.33. The second-order valence-electron chi connectivity index (χ2n) is 4.82. The minimum Gasteiger partial charge on any atom is -0.311 e. The smallest absolute Gasteiger partial charge is 0.261 e. The van der Waals surface area contributed by atoms with E-state index in [4.69, 9.17) is 0 Å². The van der Waals surface area contributed by atoms with Crippen LogP contribution in [-0.4, -0.2) is 22.9 Å². The van der Waals surface area contributed by atoms with Crippen molar-refractivity contribution < 1.29 is 18.0 Å². The molecular weight excluding hydrogens is 307 g/mol. The van der Waals surface area contributed by atoms with Crippen molar-refractivity contribution in [2.75, 3.05) is 11.9 Å². The fourth-order valence-corrected chi connectivity index (χ4v) is 2.15. The van der Waals surface area contributed by atoms with Crippen LogP contribution in [0.15, 0.2) is 42.7 Å². The quantitative estimate of drug-likeness (QED) is 0.681. The molecule has 4 nitrogen and oxygen atoms in total. The third kappa shape index (κ3) is 2.61. The van der Waals surface area contributed by atoms with Gasteiger partial charge in [-0.1, -0.05) is 0 Å². The van der Waals surface area contributed by atoms with Gasteiger partial charge in [0.15, 0.2) is 17.5 Å². The molecule has 0 spiro atoms. The van der Waals surface area contributed by atoms with Crippen molar-refractivity contribution in [1.82, 2.24) is 9.97 Å². The molecule has 1 amide bonds. The highest BCUT2D eigenvalue weighted by Crippen LogP contribution is 2.22. The van der Waals surface area contributed by atoms with Gasteiger partial charge in [0, 0.05) is 25.1 Å². The molecule has 0 radical (unpaired) electrons. The number of amides is 1. The Hall–Kier alpha value is -2.96. The molecule has 0 aliphatic rings. The largest absolute Gasteiger partial charge is 0.311 e. The minimum atomic E-state index is -1.67. The number of hydrogen-bond donors (Lipinski definition) is 0. The molecule has 0 fully saturated rings. The van der Waals surface area contributed by atoms with Crippen molar-refractivity contribution in [3.63, 3.8) is 0 Å². The van der Waals surface area contributed by atoms with Gasteiger partial charge >= 0.3 is 0 Å². The summed E-state index contributed by atoms with van der Waals surface area (Å²) >= 11 is 0. The molecule has 2 aromatic carbocycles. The van der Waals surface area contributed by atoms with Gasteiger partial charge in [-0.3, -0.25) is 14.8 Å². The molecule has 0 aliphatic heterocycles. The molecule has 3 aromatic rings. The number of nitrogens with zero attached hydrogens (tertiary/aromatic N) is 3. The van der Waals surface area contributed by atoms with Crippen LogP contribution in [0.3, 0.4) is 0 Å². The summed E-state index contributed by atoms with van der Waals surface area (Å²) in [5.41, 5.74) is 1.06. The van der Waals surface area contributed by atoms with E-state index in [0.717, 1.165) is 11.0 Å². The van der Waals surface area contributed by atoms with Gasteiger partial charge in [0.2, 0.25) is 0 Å². The Kier molecular flexibility index (Phi) is 3.69. The molecule has 0 bridgehead atoms. The van der Waals surface area contributed by atoms with Gasteiger partial charge in [0.1, 0.15) is 0 Å². The van der Waals surface area contributed by atoms with E-state index in [1.807, 2.05) is 0 Å². The van der Waals surface area contributed by atoms with Crippen LogP contribution in [0.2, 0.25) is 0 Å². The first-order chi connectivity index (χ1) is 11.0. The van der Waals surface area contributed by atoms with Crippen molar-refractivity contribution in [1.29, 1.82) is 0 Å². The lowest BCUT2D eigenvalue weighted by molar-refractivity contribution is 0.0988. The SMILES string of the molecule is CN(C(=O)c1ccc(F)c(F)c1F)c1ccc2nccnc2c1. The Morgan fingerprint density at radius 1 is 0.957 bits per heavy atom. The van der Waals surface area contributed by atoms with Crippen LogP contribution in [-0.2, 0) is 0 Å². The van der Waals surface area contributed by atoms with Crippen molar-refractivity contribution in [2.24, 2.45) is 0 Å². The van der Waals surface area contributed by atoms with Crippen LogP contribution < -0.4 is 4.90 Å². The Balaban J connectivity index is 1.99. The maximum Gasteiger partial charge on any atom is 0.261 e. The van der Waals surface area contributed by atoms with Gasteiger partial charge in [-0.2, -0.15) is 0 Å². The van der Waals surface area contributed by atoms with Crippen LogP contribution in [0.25, 0.3) is 11.0 Å². The lowest BCUT2D eigenvalue weighted by Gasteiger charge is -2.18. The zero-order valence-electron chi connectivity index (χ0n) is 11.9. The highest BCUT2D eigenvalue weighted by molar-refractivity contribution is 6.06. The lowest BCUT2D eigenvalue weighted by atomic mass is 10.1. The summed E-state index contributed by atoms with van der Waals surface area (Å²) in [6, 6.07) is 6.48. The van der Waals surface area contributed by atoms with E-state index in [1.54, 1.807) is 18.2 Å². The minimum absolute atomic E-state index is 0.423. The van der Waals surface area contributed by atoms with Crippen LogP contribution in [0.4, 0.5) is 18.9 Å². The number of aromatic nitrogens is 2. The number of carbonyl (C=O) groups is 1. The van der Waals surface area contributed by atoms with Crippen LogP contribution >= 0.6 is 0 Å². The molecule has 0 N–H and O–H groups in total. The summed E-state index contributed by atoms with van der Waals surface area (Å²) in [6.07, 6.45) is 3.04. The number of halogens is 3. The molecular formula is C16H10F3N3O. The predicted octanol–water partition coefficient (Wildman–Crippen LogP) is 3.32. The van der Waals surface area contributed by atoms with Crippen molar-refractivity contribution in [3.05, 3.63) is 65.7 Å². The molecule has 0 aliphatic carbocycles. The van der Waals surface area contributed by atoms with Gasteiger partial charge in [-0.25, -0.2) is 13.2 Å². The molecule has 23 heavy (non-hydrogen) atoms. The molecule has 0 unspecified atom stereocenters. The third-order valence-corrected chi connectivity index (χ3v) is 3.41. The Morgan fingerprint density at radius 2 is 1.65 bits per heavy atom.